The van der Waals surface area contributed by atoms with Gasteiger partial charge in [0, 0.05) is 30.5 Å². The number of aromatic nitrogens is 3. The smallest absolute Gasteiger partial charge is 0.166 e. The van der Waals surface area contributed by atoms with Crippen molar-refractivity contribution < 1.29 is 9.47 Å². The van der Waals surface area contributed by atoms with Gasteiger partial charge in [-0.05, 0) is 18.6 Å². The van der Waals surface area contributed by atoms with Crippen LogP contribution in [0.3, 0.4) is 0 Å². The highest BCUT2D eigenvalue weighted by Gasteiger charge is 2.14. The van der Waals surface area contributed by atoms with Crippen LogP contribution in [0.4, 0.5) is 0 Å². The molecule has 4 rings (SSSR count). The van der Waals surface area contributed by atoms with Crippen LogP contribution in [0.25, 0.3) is 11.0 Å². The summed E-state index contributed by atoms with van der Waals surface area (Å²) in [6, 6.07) is 8.04. The first-order chi connectivity index (χ1) is 11.3. The molecule has 118 valence electrons. The third kappa shape index (κ3) is 3.12. The van der Waals surface area contributed by atoms with Crippen molar-refractivity contribution in [2.45, 2.75) is 24.3 Å². The van der Waals surface area contributed by atoms with Crippen LogP contribution in [0.5, 0.6) is 11.5 Å². The number of hydrogen-bond donors (Lipinski definition) is 1. The molecule has 1 aromatic carbocycles. The van der Waals surface area contributed by atoms with Gasteiger partial charge >= 0.3 is 0 Å². The van der Waals surface area contributed by atoms with E-state index in [-0.39, 0.29) is 0 Å². The quantitative estimate of drug-likeness (QED) is 0.743. The summed E-state index contributed by atoms with van der Waals surface area (Å²) in [4.78, 5) is 12.4. The monoisotopic (exact) mass is 327 g/mol. The Hall–Kier alpha value is -2.21. The maximum Gasteiger partial charge on any atom is 0.166 e. The largest absolute Gasteiger partial charge is 0.489 e. The van der Waals surface area contributed by atoms with Crippen LogP contribution >= 0.6 is 11.8 Å². The van der Waals surface area contributed by atoms with Crippen molar-refractivity contribution in [3.8, 4) is 11.5 Å². The second-order valence-corrected chi connectivity index (χ2v) is 6.49. The molecule has 6 heteroatoms. The molecule has 23 heavy (non-hydrogen) atoms. The molecule has 0 saturated carbocycles. The summed E-state index contributed by atoms with van der Waals surface area (Å²) < 4.78 is 11.4. The number of ether oxygens (including phenoxy) is 2. The fourth-order valence-corrected chi connectivity index (χ4v) is 3.24. The Morgan fingerprint density at radius 2 is 2.00 bits per heavy atom. The van der Waals surface area contributed by atoms with Crippen molar-refractivity contribution in [3.05, 3.63) is 41.7 Å². The van der Waals surface area contributed by atoms with E-state index in [9.17, 15) is 0 Å². The summed E-state index contributed by atoms with van der Waals surface area (Å²) in [5, 5.41) is 0.877. The van der Waals surface area contributed by atoms with E-state index in [1.165, 1.54) is 5.56 Å². The number of rotatable bonds is 3. The van der Waals surface area contributed by atoms with E-state index in [2.05, 4.69) is 27.1 Å². The molecule has 1 aliphatic heterocycles. The van der Waals surface area contributed by atoms with Crippen molar-refractivity contribution in [1.29, 1.82) is 0 Å². The fraction of sp³-hybridized carbons (Fsp3) is 0.294. The average molecular weight is 327 g/mol. The van der Waals surface area contributed by atoms with Crippen LogP contribution in [0.2, 0.25) is 0 Å². The molecule has 1 N–H and O–H groups in total. The Morgan fingerprint density at radius 3 is 2.78 bits per heavy atom. The summed E-state index contributed by atoms with van der Waals surface area (Å²) in [7, 11) is 0. The normalized spacial score (nSPS) is 14.0. The van der Waals surface area contributed by atoms with Gasteiger partial charge in [0.2, 0.25) is 0 Å². The second-order valence-electron chi connectivity index (χ2n) is 5.52. The van der Waals surface area contributed by atoms with E-state index in [4.69, 9.17) is 9.47 Å². The van der Waals surface area contributed by atoms with E-state index in [0.717, 1.165) is 45.6 Å². The lowest BCUT2D eigenvalue weighted by Gasteiger charge is -2.05. The first-order valence-electron chi connectivity index (χ1n) is 7.62. The van der Waals surface area contributed by atoms with Crippen LogP contribution in [0.15, 0.2) is 35.6 Å². The highest BCUT2D eigenvalue weighted by Crippen LogP contribution is 2.34. The molecule has 3 heterocycles. The number of imidazole rings is 1. The predicted octanol–water partition coefficient (Wildman–Crippen LogP) is 3.72. The van der Waals surface area contributed by atoms with Crippen molar-refractivity contribution >= 4 is 22.8 Å². The number of aromatic amines is 1. The molecule has 0 atom stereocenters. The summed E-state index contributed by atoms with van der Waals surface area (Å²) >= 11 is 1.64. The van der Waals surface area contributed by atoms with Gasteiger partial charge in [-0.2, -0.15) is 0 Å². The van der Waals surface area contributed by atoms with Gasteiger partial charge in [-0.25, -0.2) is 4.98 Å². The molecule has 3 aromatic rings. The van der Waals surface area contributed by atoms with E-state index >= 15 is 0 Å². The van der Waals surface area contributed by atoms with Gasteiger partial charge in [0.05, 0.1) is 29.9 Å². The fourth-order valence-electron chi connectivity index (χ4n) is 2.44. The van der Waals surface area contributed by atoms with Crippen LogP contribution in [-0.4, -0.2) is 28.2 Å². The minimum absolute atomic E-state index is 0.684. The van der Waals surface area contributed by atoms with E-state index < -0.39 is 0 Å². The number of benzene rings is 1. The number of aryl methyl sites for hydroxylation is 1. The topological polar surface area (TPSA) is 60.0 Å². The summed E-state index contributed by atoms with van der Waals surface area (Å²) in [5.41, 5.74) is 4.08. The molecule has 0 fully saturated rings. The minimum atomic E-state index is 0.684. The predicted molar refractivity (Wildman–Crippen MR) is 90.2 cm³/mol. The number of hydrogen-bond acceptors (Lipinski definition) is 5. The third-order valence-electron chi connectivity index (χ3n) is 3.66. The Bertz CT molecular complexity index is 787. The summed E-state index contributed by atoms with van der Waals surface area (Å²) in [6.07, 6.45) is 2.79. The lowest BCUT2D eigenvalue weighted by atomic mass is 10.3. The van der Waals surface area contributed by atoms with Crippen LogP contribution in [0.1, 0.15) is 17.7 Å². The molecule has 1 aliphatic rings. The molecule has 0 bridgehead atoms. The Kier molecular flexibility index (Phi) is 3.83. The first kappa shape index (κ1) is 14.4. The van der Waals surface area contributed by atoms with Crippen molar-refractivity contribution in [2.75, 3.05) is 13.2 Å². The van der Waals surface area contributed by atoms with Gasteiger partial charge in [-0.15, -0.1) is 0 Å². The minimum Gasteiger partial charge on any atom is -0.489 e. The number of H-pyrrole nitrogens is 1. The first-order valence-corrected chi connectivity index (χ1v) is 8.60. The van der Waals surface area contributed by atoms with Gasteiger partial charge in [0.25, 0.3) is 0 Å². The number of pyridine rings is 1. The molecule has 0 saturated heterocycles. The zero-order valence-electron chi connectivity index (χ0n) is 12.8. The van der Waals surface area contributed by atoms with Gasteiger partial charge in [-0.3, -0.25) is 4.98 Å². The zero-order chi connectivity index (χ0) is 15.6. The van der Waals surface area contributed by atoms with E-state index in [1.54, 1.807) is 11.8 Å². The van der Waals surface area contributed by atoms with Crippen molar-refractivity contribution in [2.24, 2.45) is 0 Å². The molecular weight excluding hydrogens is 310 g/mol. The SMILES string of the molecule is Cc1ccc(CSc2nc3cc4c(cc3[nH]2)OCCCO4)nc1. The molecule has 0 amide bonds. The lowest BCUT2D eigenvalue weighted by Crippen LogP contribution is -1.97. The Morgan fingerprint density at radius 1 is 1.17 bits per heavy atom. The number of nitrogens with one attached hydrogen (secondary N) is 1. The lowest BCUT2D eigenvalue weighted by molar-refractivity contribution is 0.297. The van der Waals surface area contributed by atoms with Gasteiger partial charge in [-0.1, -0.05) is 17.8 Å². The number of nitrogens with zero attached hydrogens (tertiary/aromatic N) is 2. The number of fused-ring (bicyclic) bond motifs is 2. The van der Waals surface area contributed by atoms with Crippen molar-refractivity contribution in [3.63, 3.8) is 0 Å². The zero-order valence-corrected chi connectivity index (χ0v) is 13.7. The van der Waals surface area contributed by atoms with Gasteiger partial charge < -0.3 is 14.5 Å². The molecule has 0 radical (unpaired) electrons. The molecular formula is C17H17N3O2S. The van der Waals surface area contributed by atoms with Crippen LogP contribution in [0, 0.1) is 6.92 Å². The molecule has 0 aliphatic carbocycles. The highest BCUT2D eigenvalue weighted by atomic mass is 32.2. The molecule has 0 spiro atoms. The number of thioether (sulfide) groups is 1. The summed E-state index contributed by atoms with van der Waals surface area (Å²) in [5.74, 6) is 2.35. The van der Waals surface area contributed by atoms with E-state index in [0.29, 0.717) is 13.2 Å². The average Bonchev–Trinajstić information content (AvgIpc) is 2.81. The Balaban J connectivity index is 1.55. The molecule has 0 unspecified atom stereocenters. The van der Waals surface area contributed by atoms with Crippen LogP contribution < -0.4 is 9.47 Å². The van der Waals surface area contributed by atoms with Gasteiger partial charge in [0.1, 0.15) is 0 Å². The second kappa shape index (κ2) is 6.12. The molecule has 5 nitrogen and oxygen atoms in total. The highest BCUT2D eigenvalue weighted by molar-refractivity contribution is 7.98. The third-order valence-corrected chi connectivity index (χ3v) is 4.57. The molecule has 2 aromatic heterocycles. The summed E-state index contributed by atoms with van der Waals surface area (Å²) in [6.45, 7) is 3.41. The van der Waals surface area contributed by atoms with E-state index in [1.807, 2.05) is 25.3 Å². The Labute approximate surface area is 138 Å². The van der Waals surface area contributed by atoms with Crippen molar-refractivity contribution in [1.82, 2.24) is 15.0 Å². The van der Waals surface area contributed by atoms with Crippen LogP contribution in [-0.2, 0) is 5.75 Å². The standard InChI is InChI=1S/C17H17N3O2S/c1-11-3-4-12(18-9-11)10-23-17-19-13-7-15-16(8-14(13)20-17)22-6-2-5-21-15/h3-4,7-9H,2,5-6,10H2,1H3,(H,19,20). The van der Waals surface area contributed by atoms with Gasteiger partial charge in [0.15, 0.2) is 16.7 Å². The maximum atomic E-state index is 5.72. The maximum absolute atomic E-state index is 5.72.